The SMILES string of the molecule is CC(NC(=O)c1csc(NC(=O)c2ccc(F)c(F)c2)n1)c1ccccc1. The second-order valence-electron chi connectivity index (χ2n) is 5.73. The highest BCUT2D eigenvalue weighted by molar-refractivity contribution is 7.14. The Kier molecular flexibility index (Phi) is 5.56. The minimum absolute atomic E-state index is 0.0483. The topological polar surface area (TPSA) is 71.1 Å². The van der Waals surface area contributed by atoms with Crippen molar-refractivity contribution in [2.75, 3.05) is 5.32 Å². The Hall–Kier alpha value is -3.13. The lowest BCUT2D eigenvalue weighted by molar-refractivity contribution is 0.0934. The molecule has 0 aliphatic heterocycles. The molecule has 27 heavy (non-hydrogen) atoms. The first kappa shape index (κ1) is 18.7. The summed E-state index contributed by atoms with van der Waals surface area (Å²) in [6, 6.07) is 12.1. The predicted molar refractivity (Wildman–Crippen MR) is 98.7 cm³/mol. The van der Waals surface area contributed by atoms with Gasteiger partial charge in [-0.15, -0.1) is 11.3 Å². The van der Waals surface area contributed by atoms with Crippen LogP contribution in [0.15, 0.2) is 53.9 Å². The van der Waals surface area contributed by atoms with E-state index in [9.17, 15) is 18.4 Å². The number of nitrogens with one attached hydrogen (secondary N) is 2. The molecule has 138 valence electrons. The molecule has 0 saturated heterocycles. The number of thiazole rings is 1. The van der Waals surface area contributed by atoms with Crippen LogP contribution in [0.2, 0.25) is 0 Å². The normalized spacial score (nSPS) is 11.7. The van der Waals surface area contributed by atoms with Gasteiger partial charge < -0.3 is 5.32 Å². The van der Waals surface area contributed by atoms with Gasteiger partial charge in [0.15, 0.2) is 16.8 Å². The van der Waals surface area contributed by atoms with Gasteiger partial charge in [0.05, 0.1) is 6.04 Å². The van der Waals surface area contributed by atoms with Crippen LogP contribution < -0.4 is 10.6 Å². The van der Waals surface area contributed by atoms with E-state index in [0.717, 1.165) is 35.1 Å². The van der Waals surface area contributed by atoms with E-state index in [2.05, 4.69) is 15.6 Å². The van der Waals surface area contributed by atoms with Crippen LogP contribution in [-0.4, -0.2) is 16.8 Å². The van der Waals surface area contributed by atoms with E-state index in [4.69, 9.17) is 0 Å². The third kappa shape index (κ3) is 4.53. The molecule has 2 aromatic carbocycles. The number of anilines is 1. The van der Waals surface area contributed by atoms with Gasteiger partial charge in [0.2, 0.25) is 0 Å². The number of hydrogen-bond donors (Lipinski definition) is 2. The fraction of sp³-hybridized carbons (Fsp3) is 0.105. The van der Waals surface area contributed by atoms with Gasteiger partial charge in [-0.25, -0.2) is 13.8 Å². The largest absolute Gasteiger partial charge is 0.344 e. The summed E-state index contributed by atoms with van der Waals surface area (Å²) in [4.78, 5) is 28.5. The van der Waals surface area contributed by atoms with E-state index in [1.807, 2.05) is 37.3 Å². The molecule has 0 fully saturated rings. The van der Waals surface area contributed by atoms with Crippen LogP contribution >= 0.6 is 11.3 Å². The molecule has 0 spiro atoms. The van der Waals surface area contributed by atoms with Crippen LogP contribution in [-0.2, 0) is 0 Å². The Bertz CT molecular complexity index is 976. The first-order valence-electron chi connectivity index (χ1n) is 8.02. The summed E-state index contributed by atoms with van der Waals surface area (Å²) in [5.74, 6) is -3.17. The zero-order chi connectivity index (χ0) is 19.4. The summed E-state index contributed by atoms with van der Waals surface area (Å²) in [5, 5.41) is 6.98. The number of amides is 2. The average molecular weight is 387 g/mol. The summed E-state index contributed by atoms with van der Waals surface area (Å²) >= 11 is 1.06. The van der Waals surface area contributed by atoms with Gasteiger partial charge in [-0.3, -0.25) is 14.9 Å². The van der Waals surface area contributed by atoms with Crippen molar-refractivity contribution >= 4 is 28.3 Å². The maximum absolute atomic E-state index is 13.2. The van der Waals surface area contributed by atoms with E-state index in [1.54, 1.807) is 0 Å². The van der Waals surface area contributed by atoms with Crippen molar-refractivity contribution in [3.8, 4) is 0 Å². The molecule has 5 nitrogen and oxygen atoms in total. The number of halogens is 2. The van der Waals surface area contributed by atoms with Gasteiger partial charge in [0.1, 0.15) is 5.69 Å². The number of carbonyl (C=O) groups excluding carboxylic acids is 2. The number of rotatable bonds is 5. The molecule has 8 heteroatoms. The predicted octanol–water partition coefficient (Wildman–Crippen LogP) is 4.16. The molecule has 3 aromatic rings. The van der Waals surface area contributed by atoms with Crippen molar-refractivity contribution in [3.05, 3.63) is 82.4 Å². The molecule has 2 N–H and O–H groups in total. The molecule has 1 unspecified atom stereocenters. The lowest BCUT2D eigenvalue weighted by Crippen LogP contribution is -2.26. The molecule has 0 bridgehead atoms. The van der Waals surface area contributed by atoms with Crippen LogP contribution in [0.5, 0.6) is 0 Å². The number of carbonyl (C=O) groups is 2. The first-order valence-corrected chi connectivity index (χ1v) is 8.89. The second-order valence-corrected chi connectivity index (χ2v) is 6.58. The minimum atomic E-state index is -1.11. The summed E-state index contributed by atoms with van der Waals surface area (Å²) in [5.41, 5.74) is 1.06. The lowest BCUT2D eigenvalue weighted by atomic mass is 10.1. The Morgan fingerprint density at radius 1 is 1.04 bits per heavy atom. The minimum Gasteiger partial charge on any atom is -0.344 e. The van der Waals surface area contributed by atoms with Gasteiger partial charge in [0.25, 0.3) is 11.8 Å². The molecule has 0 saturated carbocycles. The molecule has 2 amide bonds. The van der Waals surface area contributed by atoms with Crippen molar-refractivity contribution in [3.63, 3.8) is 0 Å². The standard InChI is InChI=1S/C19H15F2N3O2S/c1-11(12-5-3-2-4-6-12)22-18(26)16-10-27-19(23-16)24-17(25)13-7-8-14(20)15(21)9-13/h2-11H,1H3,(H,22,26)(H,23,24,25). The van der Waals surface area contributed by atoms with Crippen LogP contribution in [0, 0.1) is 11.6 Å². The summed E-state index contributed by atoms with van der Waals surface area (Å²) in [6.07, 6.45) is 0. The van der Waals surface area contributed by atoms with Crippen molar-refractivity contribution in [2.24, 2.45) is 0 Å². The second kappa shape index (κ2) is 8.05. The van der Waals surface area contributed by atoms with Crippen molar-refractivity contribution in [1.82, 2.24) is 10.3 Å². The van der Waals surface area contributed by atoms with Crippen LogP contribution in [0.3, 0.4) is 0 Å². The smallest absolute Gasteiger partial charge is 0.271 e. The average Bonchev–Trinajstić information content (AvgIpc) is 3.13. The molecule has 3 rings (SSSR count). The van der Waals surface area contributed by atoms with E-state index >= 15 is 0 Å². The Morgan fingerprint density at radius 2 is 1.78 bits per heavy atom. The van der Waals surface area contributed by atoms with E-state index < -0.39 is 17.5 Å². The maximum atomic E-state index is 13.2. The van der Waals surface area contributed by atoms with Gasteiger partial charge in [-0.05, 0) is 30.7 Å². The number of aromatic nitrogens is 1. The zero-order valence-electron chi connectivity index (χ0n) is 14.2. The number of benzene rings is 2. The first-order chi connectivity index (χ1) is 12.9. The lowest BCUT2D eigenvalue weighted by Gasteiger charge is -2.13. The van der Waals surface area contributed by atoms with Crippen molar-refractivity contribution < 1.29 is 18.4 Å². The fourth-order valence-electron chi connectivity index (χ4n) is 2.34. The molecule has 0 radical (unpaired) electrons. The summed E-state index contributed by atoms with van der Waals surface area (Å²) in [7, 11) is 0. The van der Waals surface area contributed by atoms with E-state index in [-0.39, 0.29) is 28.3 Å². The quantitative estimate of drug-likeness (QED) is 0.690. The van der Waals surface area contributed by atoms with Crippen LogP contribution in [0.4, 0.5) is 13.9 Å². The summed E-state index contributed by atoms with van der Waals surface area (Å²) < 4.78 is 26.2. The van der Waals surface area contributed by atoms with Crippen molar-refractivity contribution in [1.29, 1.82) is 0 Å². The van der Waals surface area contributed by atoms with Crippen LogP contribution in [0.1, 0.15) is 39.4 Å². The van der Waals surface area contributed by atoms with Gasteiger partial charge in [-0.1, -0.05) is 30.3 Å². The Balaban J connectivity index is 1.64. The highest BCUT2D eigenvalue weighted by atomic mass is 32.1. The molecule has 1 heterocycles. The summed E-state index contributed by atoms with van der Waals surface area (Å²) in [6.45, 7) is 1.85. The highest BCUT2D eigenvalue weighted by Gasteiger charge is 2.16. The third-order valence-corrected chi connectivity index (χ3v) is 4.54. The van der Waals surface area contributed by atoms with Crippen molar-refractivity contribution in [2.45, 2.75) is 13.0 Å². The van der Waals surface area contributed by atoms with E-state index in [0.29, 0.717) is 0 Å². The Labute approximate surface area is 158 Å². The van der Waals surface area contributed by atoms with Gasteiger partial charge in [-0.2, -0.15) is 0 Å². The van der Waals surface area contributed by atoms with Gasteiger partial charge in [0, 0.05) is 10.9 Å². The van der Waals surface area contributed by atoms with Crippen LogP contribution in [0.25, 0.3) is 0 Å². The third-order valence-electron chi connectivity index (χ3n) is 3.79. The highest BCUT2D eigenvalue weighted by Crippen LogP contribution is 2.19. The Morgan fingerprint density at radius 3 is 2.48 bits per heavy atom. The van der Waals surface area contributed by atoms with Gasteiger partial charge >= 0.3 is 0 Å². The molecule has 1 aromatic heterocycles. The zero-order valence-corrected chi connectivity index (χ0v) is 15.0. The number of nitrogens with zero attached hydrogens (tertiary/aromatic N) is 1. The molecule has 0 aliphatic carbocycles. The molecular formula is C19H15F2N3O2S. The molecule has 0 aliphatic rings. The molecule has 1 atom stereocenters. The fourth-order valence-corrected chi connectivity index (χ4v) is 3.02. The van der Waals surface area contributed by atoms with E-state index in [1.165, 1.54) is 5.38 Å². The molecular weight excluding hydrogens is 372 g/mol. The maximum Gasteiger partial charge on any atom is 0.271 e. The monoisotopic (exact) mass is 387 g/mol. The number of hydrogen-bond acceptors (Lipinski definition) is 4.